The Morgan fingerprint density at radius 3 is 2.60 bits per heavy atom. The van der Waals surface area contributed by atoms with Crippen molar-refractivity contribution in [3.8, 4) is 0 Å². The Kier molecular flexibility index (Phi) is 5.58. The zero-order valence-electron chi connectivity index (χ0n) is 11.5. The van der Waals surface area contributed by atoms with Crippen molar-refractivity contribution in [1.82, 2.24) is 4.90 Å². The number of rotatable bonds is 5. The van der Waals surface area contributed by atoms with E-state index in [2.05, 4.69) is 0 Å². The highest BCUT2D eigenvalue weighted by Gasteiger charge is 2.22. The van der Waals surface area contributed by atoms with Gasteiger partial charge < -0.3 is 20.4 Å². The molecule has 1 heterocycles. The van der Waals surface area contributed by atoms with E-state index in [-0.39, 0.29) is 18.7 Å². The molecule has 1 aromatic carbocycles. The lowest BCUT2D eigenvalue weighted by Crippen LogP contribution is -2.40. The van der Waals surface area contributed by atoms with Crippen LogP contribution in [0.2, 0.25) is 0 Å². The van der Waals surface area contributed by atoms with Crippen LogP contribution in [0.15, 0.2) is 24.3 Å². The number of likely N-dealkylation sites (tertiary alicyclic amines) is 1. The Hall–Kier alpha value is -1.37. The average Bonchev–Trinajstić information content (AvgIpc) is 2.48. The van der Waals surface area contributed by atoms with E-state index in [4.69, 9.17) is 10.4 Å². The fraction of sp³-hybridized carbons (Fsp3) is 0.500. The highest BCUT2D eigenvalue weighted by Crippen LogP contribution is 2.14. The number of carbonyl (C=O) groups is 1. The summed E-state index contributed by atoms with van der Waals surface area (Å²) in [7, 11) is 1.66. The van der Waals surface area contributed by atoms with Crippen LogP contribution in [0.5, 0.6) is 0 Å². The molecule has 1 aliphatic rings. The number of hydrogen-bond acceptors (Lipinski definition) is 4. The number of amides is 1. The summed E-state index contributed by atoms with van der Waals surface area (Å²) in [5, 5.41) is 9.46. The van der Waals surface area contributed by atoms with Crippen molar-refractivity contribution >= 4 is 13.4 Å². The van der Waals surface area contributed by atoms with E-state index in [9.17, 15) is 9.90 Å². The van der Waals surface area contributed by atoms with E-state index in [1.165, 1.54) is 0 Å². The number of piperidine rings is 1. The molecule has 0 bridgehead atoms. The van der Waals surface area contributed by atoms with E-state index in [0.29, 0.717) is 37.8 Å². The maximum atomic E-state index is 12.3. The number of nitrogens with two attached hydrogens (primary N) is 1. The SMILES string of the molecule is NCO[B]Cc1ccc(C(=O)N2CCC(O)CC2)cc1. The Balaban J connectivity index is 1.90. The minimum absolute atomic E-state index is 0.0330. The normalized spacial score (nSPS) is 16.2. The van der Waals surface area contributed by atoms with Gasteiger partial charge in [-0.15, -0.1) is 0 Å². The van der Waals surface area contributed by atoms with E-state index < -0.39 is 0 Å². The molecule has 1 radical (unpaired) electrons. The Bertz CT molecular complexity index is 431. The summed E-state index contributed by atoms with van der Waals surface area (Å²) in [6, 6.07) is 7.50. The third kappa shape index (κ3) is 4.06. The molecular formula is C14H20BN2O3. The van der Waals surface area contributed by atoms with E-state index in [0.717, 1.165) is 5.56 Å². The molecule has 1 aliphatic heterocycles. The number of aliphatic hydroxyl groups is 1. The molecule has 0 spiro atoms. The summed E-state index contributed by atoms with van der Waals surface area (Å²) in [4.78, 5) is 14.1. The van der Waals surface area contributed by atoms with E-state index in [1.807, 2.05) is 24.3 Å². The van der Waals surface area contributed by atoms with Crippen molar-refractivity contribution in [3.63, 3.8) is 0 Å². The first-order chi connectivity index (χ1) is 9.70. The number of benzene rings is 1. The molecule has 0 aromatic heterocycles. The molecule has 5 nitrogen and oxygen atoms in total. The Morgan fingerprint density at radius 1 is 1.35 bits per heavy atom. The smallest absolute Gasteiger partial charge is 0.298 e. The van der Waals surface area contributed by atoms with Crippen molar-refractivity contribution in [2.45, 2.75) is 25.3 Å². The summed E-state index contributed by atoms with van der Waals surface area (Å²) >= 11 is 0. The van der Waals surface area contributed by atoms with Crippen LogP contribution in [0.3, 0.4) is 0 Å². The van der Waals surface area contributed by atoms with Gasteiger partial charge in [0.15, 0.2) is 0 Å². The fourth-order valence-corrected chi connectivity index (χ4v) is 2.26. The van der Waals surface area contributed by atoms with Crippen molar-refractivity contribution in [2.24, 2.45) is 5.73 Å². The lowest BCUT2D eigenvalue weighted by molar-refractivity contribution is 0.0546. The minimum Gasteiger partial charge on any atom is -0.428 e. The molecule has 0 unspecified atom stereocenters. The molecule has 1 saturated heterocycles. The van der Waals surface area contributed by atoms with Crippen LogP contribution < -0.4 is 5.73 Å². The Morgan fingerprint density at radius 2 is 2.00 bits per heavy atom. The van der Waals surface area contributed by atoms with Gasteiger partial charge in [0, 0.05) is 18.7 Å². The summed E-state index contributed by atoms with van der Waals surface area (Å²) in [5.74, 6) is 0.0330. The highest BCUT2D eigenvalue weighted by molar-refractivity contribution is 6.26. The lowest BCUT2D eigenvalue weighted by atomic mass is 9.89. The molecule has 0 saturated carbocycles. The van der Waals surface area contributed by atoms with Gasteiger partial charge in [-0.05, 0) is 31.3 Å². The predicted octanol–water partition coefficient (Wildman–Crippen LogP) is 0.335. The van der Waals surface area contributed by atoms with Crippen molar-refractivity contribution in [3.05, 3.63) is 35.4 Å². The van der Waals surface area contributed by atoms with Crippen LogP contribution >= 0.6 is 0 Å². The highest BCUT2D eigenvalue weighted by atomic mass is 16.4. The quantitative estimate of drug-likeness (QED) is 0.461. The van der Waals surface area contributed by atoms with Crippen LogP contribution in [0.1, 0.15) is 28.8 Å². The third-order valence-corrected chi connectivity index (χ3v) is 3.49. The predicted molar refractivity (Wildman–Crippen MR) is 77.2 cm³/mol. The molecular weight excluding hydrogens is 255 g/mol. The topological polar surface area (TPSA) is 75.8 Å². The van der Waals surface area contributed by atoms with Crippen LogP contribution in [-0.4, -0.2) is 49.3 Å². The molecule has 3 N–H and O–H groups in total. The first-order valence-corrected chi connectivity index (χ1v) is 6.90. The fourth-order valence-electron chi connectivity index (χ4n) is 2.26. The standard InChI is InChI=1S/C14H20BN2O3/c16-10-20-15-9-11-1-3-12(4-2-11)14(19)17-7-5-13(18)6-8-17/h1-4,13,18H,5-10,16H2. The van der Waals surface area contributed by atoms with Gasteiger partial charge in [-0.2, -0.15) is 0 Å². The first-order valence-electron chi connectivity index (χ1n) is 6.90. The minimum atomic E-state index is -0.264. The summed E-state index contributed by atoms with van der Waals surface area (Å²) < 4.78 is 4.97. The molecule has 1 fully saturated rings. The van der Waals surface area contributed by atoms with Gasteiger partial charge in [-0.3, -0.25) is 4.79 Å². The first kappa shape index (κ1) is 15.0. The monoisotopic (exact) mass is 275 g/mol. The molecule has 0 atom stereocenters. The van der Waals surface area contributed by atoms with Gasteiger partial charge >= 0.3 is 0 Å². The van der Waals surface area contributed by atoms with Gasteiger partial charge in [-0.25, -0.2) is 0 Å². The summed E-state index contributed by atoms with van der Waals surface area (Å²) in [6.07, 6.45) is 1.73. The maximum Gasteiger partial charge on any atom is 0.298 e. The zero-order chi connectivity index (χ0) is 14.4. The zero-order valence-corrected chi connectivity index (χ0v) is 11.5. The molecule has 20 heavy (non-hydrogen) atoms. The largest absolute Gasteiger partial charge is 0.428 e. The molecule has 107 valence electrons. The molecule has 1 aromatic rings. The average molecular weight is 275 g/mol. The maximum absolute atomic E-state index is 12.3. The second-order valence-corrected chi connectivity index (χ2v) is 4.92. The number of nitrogens with zero attached hydrogens (tertiary/aromatic N) is 1. The summed E-state index contributed by atoms with van der Waals surface area (Å²) in [5.41, 5.74) is 6.99. The van der Waals surface area contributed by atoms with Crippen LogP contribution in [0.4, 0.5) is 0 Å². The van der Waals surface area contributed by atoms with Crippen molar-refractivity contribution in [2.75, 3.05) is 19.8 Å². The molecule has 2 rings (SSSR count). The molecule has 6 heteroatoms. The van der Waals surface area contributed by atoms with Gasteiger partial charge in [0.2, 0.25) is 0 Å². The van der Waals surface area contributed by atoms with Crippen LogP contribution in [0, 0.1) is 0 Å². The molecule has 1 amide bonds. The molecule has 0 aliphatic carbocycles. The second-order valence-electron chi connectivity index (χ2n) is 4.92. The van der Waals surface area contributed by atoms with E-state index >= 15 is 0 Å². The lowest BCUT2D eigenvalue weighted by Gasteiger charge is -2.29. The van der Waals surface area contributed by atoms with E-state index in [1.54, 1.807) is 12.4 Å². The number of carbonyl (C=O) groups excluding carboxylic acids is 1. The summed E-state index contributed by atoms with van der Waals surface area (Å²) in [6.45, 7) is 1.43. The van der Waals surface area contributed by atoms with Crippen molar-refractivity contribution < 1.29 is 14.6 Å². The van der Waals surface area contributed by atoms with Crippen molar-refractivity contribution in [1.29, 1.82) is 0 Å². The van der Waals surface area contributed by atoms with Crippen LogP contribution in [-0.2, 0) is 11.0 Å². The van der Waals surface area contributed by atoms with Gasteiger partial charge in [0.25, 0.3) is 13.4 Å². The van der Waals surface area contributed by atoms with Gasteiger partial charge in [-0.1, -0.05) is 17.7 Å². The Labute approximate surface area is 120 Å². The number of aliphatic hydroxyl groups excluding tert-OH is 1. The van der Waals surface area contributed by atoms with Gasteiger partial charge in [0.05, 0.1) is 12.8 Å². The number of hydrogen-bond donors (Lipinski definition) is 2. The van der Waals surface area contributed by atoms with Crippen LogP contribution in [0.25, 0.3) is 0 Å². The van der Waals surface area contributed by atoms with Gasteiger partial charge in [0.1, 0.15) is 0 Å². The second kappa shape index (κ2) is 7.43. The third-order valence-electron chi connectivity index (χ3n) is 3.49.